The lowest BCUT2D eigenvalue weighted by Crippen LogP contribution is -2.52. The van der Waals surface area contributed by atoms with Crippen LogP contribution >= 0.6 is 0 Å². The van der Waals surface area contributed by atoms with Crippen LogP contribution in [0.5, 0.6) is 0 Å². The Labute approximate surface area is 188 Å². The minimum absolute atomic E-state index is 0.131. The molecule has 0 radical (unpaired) electrons. The highest BCUT2D eigenvalue weighted by Crippen LogP contribution is 2.21. The molecule has 2 aromatic carbocycles. The summed E-state index contributed by atoms with van der Waals surface area (Å²) in [5.41, 5.74) is 9.23. The van der Waals surface area contributed by atoms with Gasteiger partial charge in [-0.2, -0.15) is 0 Å². The van der Waals surface area contributed by atoms with E-state index in [1.54, 1.807) is 17.4 Å². The van der Waals surface area contributed by atoms with E-state index in [0.717, 1.165) is 23.2 Å². The zero-order valence-electron chi connectivity index (χ0n) is 18.2. The standard InChI is InChI=1S/C25H29N5O2/c1-18(20-9-11-21(12-10-20)29-15-13-27-17-29)28-24(31)23-8-5-14-30(23)25(32)22(26)16-19-6-3-2-4-7-19/h2-4,6-7,9-13,15,17-18,22-23H,5,8,14,16,26H2,1H3,(H,28,31)/t18-,22+,23-/m0/s1. The van der Waals surface area contributed by atoms with E-state index in [0.29, 0.717) is 19.4 Å². The van der Waals surface area contributed by atoms with Gasteiger partial charge in [-0.1, -0.05) is 42.5 Å². The van der Waals surface area contributed by atoms with E-state index >= 15 is 0 Å². The Hall–Kier alpha value is -3.45. The van der Waals surface area contributed by atoms with Gasteiger partial charge in [-0.3, -0.25) is 9.59 Å². The highest BCUT2D eigenvalue weighted by Gasteiger charge is 2.36. The van der Waals surface area contributed by atoms with E-state index in [4.69, 9.17) is 5.73 Å². The lowest BCUT2D eigenvalue weighted by Gasteiger charge is -2.28. The summed E-state index contributed by atoms with van der Waals surface area (Å²) in [5.74, 6) is -0.294. The van der Waals surface area contributed by atoms with Gasteiger partial charge >= 0.3 is 0 Å². The molecule has 7 nitrogen and oxygen atoms in total. The Balaban J connectivity index is 1.37. The summed E-state index contributed by atoms with van der Waals surface area (Å²) < 4.78 is 1.92. The lowest BCUT2D eigenvalue weighted by atomic mass is 10.0. The summed E-state index contributed by atoms with van der Waals surface area (Å²) in [7, 11) is 0. The van der Waals surface area contributed by atoms with E-state index in [1.807, 2.05) is 72.3 Å². The molecule has 2 heterocycles. The van der Waals surface area contributed by atoms with Crippen LogP contribution in [0.15, 0.2) is 73.3 Å². The molecule has 3 N–H and O–H groups in total. The number of nitrogens with two attached hydrogens (primary N) is 1. The second kappa shape index (κ2) is 9.78. The summed E-state index contributed by atoms with van der Waals surface area (Å²) in [6, 6.07) is 16.4. The number of amides is 2. The number of benzene rings is 2. The topological polar surface area (TPSA) is 93.3 Å². The third-order valence-electron chi connectivity index (χ3n) is 6.01. The van der Waals surface area contributed by atoms with Crippen molar-refractivity contribution in [3.63, 3.8) is 0 Å². The molecular weight excluding hydrogens is 402 g/mol. The van der Waals surface area contributed by atoms with E-state index in [9.17, 15) is 9.59 Å². The molecule has 1 saturated heterocycles. The summed E-state index contributed by atoms with van der Waals surface area (Å²) in [6.45, 7) is 2.51. The number of carbonyl (C=O) groups excluding carboxylic acids is 2. The molecule has 1 aliphatic heterocycles. The van der Waals surface area contributed by atoms with Crippen molar-refractivity contribution in [3.05, 3.63) is 84.4 Å². The molecule has 0 spiro atoms. The Kier molecular flexibility index (Phi) is 6.66. The van der Waals surface area contributed by atoms with Crippen molar-refractivity contribution in [2.45, 2.75) is 44.3 Å². The first-order chi connectivity index (χ1) is 15.5. The quantitative estimate of drug-likeness (QED) is 0.601. The fourth-order valence-electron chi connectivity index (χ4n) is 4.21. The number of aromatic nitrogens is 2. The van der Waals surface area contributed by atoms with Gasteiger partial charge in [0.25, 0.3) is 0 Å². The second-order valence-electron chi connectivity index (χ2n) is 8.28. The predicted octanol–water partition coefficient (Wildman–Crippen LogP) is 2.61. The highest BCUT2D eigenvalue weighted by molar-refractivity contribution is 5.90. The Morgan fingerprint density at radius 2 is 1.91 bits per heavy atom. The molecule has 1 fully saturated rings. The van der Waals surface area contributed by atoms with Gasteiger partial charge in [-0.15, -0.1) is 0 Å². The molecule has 32 heavy (non-hydrogen) atoms. The van der Waals surface area contributed by atoms with Crippen molar-refractivity contribution in [2.75, 3.05) is 6.54 Å². The summed E-state index contributed by atoms with van der Waals surface area (Å²) in [5, 5.41) is 3.07. The van der Waals surface area contributed by atoms with Crippen LogP contribution in [-0.4, -0.2) is 44.9 Å². The SMILES string of the molecule is C[C@H](NC(=O)[C@@H]1CCCN1C(=O)[C@H](N)Cc1ccccc1)c1ccc(-n2ccnc2)cc1. The zero-order chi connectivity index (χ0) is 22.5. The third kappa shape index (κ3) is 4.89. The van der Waals surface area contributed by atoms with Crippen molar-refractivity contribution in [3.8, 4) is 5.69 Å². The van der Waals surface area contributed by atoms with Gasteiger partial charge in [0.05, 0.1) is 18.4 Å². The molecule has 0 saturated carbocycles. The lowest BCUT2D eigenvalue weighted by molar-refractivity contribution is -0.139. The largest absolute Gasteiger partial charge is 0.348 e. The highest BCUT2D eigenvalue weighted by atomic mass is 16.2. The van der Waals surface area contributed by atoms with Gasteiger partial charge in [-0.05, 0) is 49.4 Å². The minimum Gasteiger partial charge on any atom is -0.348 e. The summed E-state index contributed by atoms with van der Waals surface area (Å²) in [6.07, 6.45) is 7.28. The predicted molar refractivity (Wildman–Crippen MR) is 123 cm³/mol. The molecule has 1 aliphatic rings. The maximum absolute atomic E-state index is 13.0. The van der Waals surface area contributed by atoms with E-state index in [2.05, 4.69) is 10.3 Å². The first kappa shape index (κ1) is 21.8. The summed E-state index contributed by atoms with van der Waals surface area (Å²) >= 11 is 0. The van der Waals surface area contributed by atoms with Crippen molar-refractivity contribution in [1.29, 1.82) is 0 Å². The molecule has 3 atom stereocenters. The van der Waals surface area contributed by atoms with Crippen molar-refractivity contribution in [1.82, 2.24) is 19.8 Å². The van der Waals surface area contributed by atoms with Crippen LogP contribution in [-0.2, 0) is 16.0 Å². The molecule has 166 valence electrons. The van der Waals surface area contributed by atoms with Crippen molar-refractivity contribution < 1.29 is 9.59 Å². The molecule has 0 bridgehead atoms. The van der Waals surface area contributed by atoms with E-state index < -0.39 is 12.1 Å². The molecule has 7 heteroatoms. The molecule has 4 rings (SSSR count). The number of imidazole rings is 1. The van der Waals surface area contributed by atoms with Gasteiger partial charge < -0.3 is 20.5 Å². The first-order valence-corrected chi connectivity index (χ1v) is 11.0. The van der Waals surface area contributed by atoms with Crippen molar-refractivity contribution >= 4 is 11.8 Å². The van der Waals surface area contributed by atoms with Crippen LogP contribution in [0.1, 0.15) is 36.9 Å². The normalized spacial score (nSPS) is 17.7. The molecule has 1 aromatic heterocycles. The molecule has 0 unspecified atom stereocenters. The van der Waals surface area contributed by atoms with Crippen LogP contribution in [0.2, 0.25) is 0 Å². The number of hydrogen-bond donors (Lipinski definition) is 2. The summed E-state index contributed by atoms with van der Waals surface area (Å²) in [4.78, 5) is 31.7. The van der Waals surface area contributed by atoms with Crippen LogP contribution in [0.3, 0.4) is 0 Å². The second-order valence-corrected chi connectivity index (χ2v) is 8.28. The fraction of sp³-hybridized carbons (Fsp3) is 0.320. The van der Waals surface area contributed by atoms with Gasteiger partial charge in [0.1, 0.15) is 6.04 Å². The van der Waals surface area contributed by atoms with E-state index in [1.165, 1.54) is 0 Å². The molecule has 3 aromatic rings. The van der Waals surface area contributed by atoms with Crippen LogP contribution in [0, 0.1) is 0 Å². The number of carbonyl (C=O) groups is 2. The Morgan fingerprint density at radius 3 is 2.59 bits per heavy atom. The number of nitrogens with one attached hydrogen (secondary N) is 1. The first-order valence-electron chi connectivity index (χ1n) is 11.0. The number of likely N-dealkylation sites (tertiary alicyclic amines) is 1. The average molecular weight is 432 g/mol. The average Bonchev–Trinajstić information content (AvgIpc) is 3.52. The van der Waals surface area contributed by atoms with Gasteiger partial charge in [-0.25, -0.2) is 4.98 Å². The smallest absolute Gasteiger partial charge is 0.243 e. The third-order valence-corrected chi connectivity index (χ3v) is 6.01. The maximum Gasteiger partial charge on any atom is 0.243 e. The minimum atomic E-state index is -0.654. The van der Waals surface area contributed by atoms with Crippen LogP contribution < -0.4 is 11.1 Å². The van der Waals surface area contributed by atoms with E-state index in [-0.39, 0.29) is 17.9 Å². The maximum atomic E-state index is 13.0. The molecule has 2 amide bonds. The van der Waals surface area contributed by atoms with Gasteiger partial charge in [0, 0.05) is 24.6 Å². The van der Waals surface area contributed by atoms with Crippen LogP contribution in [0.4, 0.5) is 0 Å². The Bertz CT molecular complexity index is 1030. The fourth-order valence-corrected chi connectivity index (χ4v) is 4.21. The number of rotatable bonds is 7. The number of nitrogens with zero attached hydrogens (tertiary/aromatic N) is 3. The monoisotopic (exact) mass is 431 g/mol. The zero-order valence-corrected chi connectivity index (χ0v) is 18.2. The van der Waals surface area contributed by atoms with Crippen molar-refractivity contribution in [2.24, 2.45) is 5.73 Å². The number of hydrogen-bond acceptors (Lipinski definition) is 4. The van der Waals surface area contributed by atoms with Gasteiger partial charge in [0.15, 0.2) is 0 Å². The van der Waals surface area contributed by atoms with Gasteiger partial charge in [0.2, 0.25) is 11.8 Å². The molecule has 0 aliphatic carbocycles. The van der Waals surface area contributed by atoms with Crippen LogP contribution in [0.25, 0.3) is 5.69 Å². The molecular formula is C25H29N5O2. The Morgan fingerprint density at radius 1 is 1.16 bits per heavy atom.